The third-order valence-electron chi connectivity index (χ3n) is 4.50. The highest BCUT2D eigenvalue weighted by Gasteiger charge is 2.66. The maximum absolute atomic E-state index is 12.5. The maximum Gasteiger partial charge on any atom is 0.307 e. The number of ether oxygens (including phenoxy) is 1. The van der Waals surface area contributed by atoms with E-state index in [2.05, 4.69) is 0 Å². The van der Waals surface area contributed by atoms with Crippen molar-refractivity contribution in [2.24, 2.45) is 17.3 Å². The molecule has 19 heavy (non-hydrogen) atoms. The number of carboxylic acid groups (broad SMARTS) is 1. The van der Waals surface area contributed by atoms with Crippen LogP contribution in [0.5, 0.6) is 0 Å². The Hall–Kier alpha value is -1.10. The molecule has 2 aliphatic rings. The molecule has 2 rings (SSSR count). The Morgan fingerprint density at radius 1 is 1.37 bits per heavy atom. The summed E-state index contributed by atoms with van der Waals surface area (Å²) >= 11 is 0. The summed E-state index contributed by atoms with van der Waals surface area (Å²) in [6.07, 6.45) is 2.15. The molecule has 5 nitrogen and oxygen atoms in total. The predicted molar refractivity (Wildman–Crippen MR) is 69.6 cm³/mol. The number of hydrogen-bond donors (Lipinski definition) is 1. The first-order valence-corrected chi connectivity index (χ1v) is 7.02. The minimum Gasteiger partial charge on any atom is -0.481 e. The number of rotatable bonds is 5. The molecule has 0 aromatic heterocycles. The van der Waals surface area contributed by atoms with Crippen LogP contribution in [0.3, 0.4) is 0 Å². The number of hydrogen-bond acceptors (Lipinski definition) is 3. The van der Waals surface area contributed by atoms with E-state index in [1.54, 1.807) is 4.90 Å². The number of carbonyl (C=O) groups excluding carboxylic acids is 1. The zero-order chi connectivity index (χ0) is 14.2. The van der Waals surface area contributed by atoms with E-state index < -0.39 is 17.3 Å². The molecular formula is C14H23NO4. The third kappa shape index (κ3) is 2.61. The van der Waals surface area contributed by atoms with Crippen LogP contribution in [0.4, 0.5) is 0 Å². The van der Waals surface area contributed by atoms with Gasteiger partial charge >= 0.3 is 5.97 Å². The van der Waals surface area contributed by atoms with E-state index >= 15 is 0 Å². The van der Waals surface area contributed by atoms with Gasteiger partial charge < -0.3 is 14.7 Å². The molecule has 5 heteroatoms. The van der Waals surface area contributed by atoms with Crippen molar-refractivity contribution in [3.8, 4) is 0 Å². The topological polar surface area (TPSA) is 66.8 Å². The predicted octanol–water partition coefficient (Wildman–Crippen LogP) is 1.37. The van der Waals surface area contributed by atoms with Crippen molar-refractivity contribution in [1.82, 2.24) is 4.90 Å². The molecule has 1 aliphatic heterocycles. The van der Waals surface area contributed by atoms with Crippen LogP contribution in [0.1, 0.15) is 33.6 Å². The lowest BCUT2D eigenvalue weighted by Gasteiger charge is -2.24. The molecule has 0 spiro atoms. The molecule has 1 saturated carbocycles. The maximum atomic E-state index is 12.5. The number of carboxylic acids is 1. The second-order valence-corrected chi connectivity index (χ2v) is 6.13. The van der Waals surface area contributed by atoms with Crippen molar-refractivity contribution >= 4 is 11.9 Å². The second kappa shape index (κ2) is 5.12. The molecular weight excluding hydrogens is 246 g/mol. The van der Waals surface area contributed by atoms with Crippen molar-refractivity contribution in [3.63, 3.8) is 0 Å². The van der Waals surface area contributed by atoms with Gasteiger partial charge in [-0.2, -0.15) is 0 Å². The van der Waals surface area contributed by atoms with Gasteiger partial charge in [0.1, 0.15) is 0 Å². The summed E-state index contributed by atoms with van der Waals surface area (Å²) in [5.74, 6) is -1.82. The minimum atomic E-state index is -0.864. The van der Waals surface area contributed by atoms with Crippen molar-refractivity contribution in [2.45, 2.75) is 39.7 Å². The SMILES string of the molecule is CCN(CC1CCCO1)C(=O)[C@H]1[C@@H](C(=O)O)C1(C)C. The lowest BCUT2D eigenvalue weighted by molar-refractivity contribution is -0.142. The standard InChI is InChI=1S/C14H23NO4/c1-4-15(8-9-6-5-7-19-9)12(16)10-11(13(17)18)14(10,2)3/h9-11H,4-8H2,1-3H3,(H,17,18)/t9?,10-,11+/m1/s1. The molecule has 2 fully saturated rings. The first kappa shape index (κ1) is 14.3. The van der Waals surface area contributed by atoms with Gasteiger partial charge in [0.15, 0.2) is 0 Å². The quantitative estimate of drug-likeness (QED) is 0.818. The molecule has 3 atom stereocenters. The average molecular weight is 269 g/mol. The summed E-state index contributed by atoms with van der Waals surface area (Å²) in [5, 5.41) is 9.15. The highest BCUT2D eigenvalue weighted by atomic mass is 16.5. The number of carbonyl (C=O) groups is 2. The van der Waals surface area contributed by atoms with Crippen LogP contribution in [0, 0.1) is 17.3 Å². The van der Waals surface area contributed by atoms with E-state index in [1.807, 2.05) is 20.8 Å². The van der Waals surface area contributed by atoms with Crippen molar-refractivity contribution < 1.29 is 19.4 Å². The lowest BCUT2D eigenvalue weighted by Crippen LogP contribution is -2.39. The van der Waals surface area contributed by atoms with Crippen LogP contribution in [0.25, 0.3) is 0 Å². The number of nitrogens with zero attached hydrogens (tertiary/aromatic N) is 1. The largest absolute Gasteiger partial charge is 0.481 e. The first-order chi connectivity index (χ1) is 8.89. The molecule has 1 N–H and O–H groups in total. The minimum absolute atomic E-state index is 0.0320. The van der Waals surface area contributed by atoms with Gasteiger partial charge in [0, 0.05) is 19.7 Å². The molecule has 1 unspecified atom stereocenters. The number of amides is 1. The van der Waals surface area contributed by atoms with E-state index in [0.717, 1.165) is 19.4 Å². The van der Waals surface area contributed by atoms with Gasteiger partial charge in [-0.15, -0.1) is 0 Å². The third-order valence-corrected chi connectivity index (χ3v) is 4.50. The molecule has 108 valence electrons. The van der Waals surface area contributed by atoms with E-state index in [0.29, 0.717) is 13.1 Å². The van der Waals surface area contributed by atoms with Crippen LogP contribution in [0.2, 0.25) is 0 Å². The van der Waals surface area contributed by atoms with Gasteiger partial charge in [-0.25, -0.2) is 0 Å². The van der Waals surface area contributed by atoms with Crippen LogP contribution in [-0.4, -0.2) is 47.7 Å². The second-order valence-electron chi connectivity index (χ2n) is 6.13. The molecule has 0 bridgehead atoms. The Bertz CT molecular complexity index is 374. The fourth-order valence-corrected chi connectivity index (χ4v) is 3.17. The average Bonchev–Trinajstić information content (AvgIpc) is 2.73. The zero-order valence-corrected chi connectivity index (χ0v) is 11.9. The molecule has 0 radical (unpaired) electrons. The fraction of sp³-hybridized carbons (Fsp3) is 0.857. The van der Waals surface area contributed by atoms with Gasteiger partial charge in [-0.3, -0.25) is 9.59 Å². The molecule has 1 heterocycles. The van der Waals surface area contributed by atoms with E-state index in [1.165, 1.54) is 0 Å². The lowest BCUT2D eigenvalue weighted by atomic mass is 10.1. The van der Waals surface area contributed by atoms with Crippen molar-refractivity contribution in [3.05, 3.63) is 0 Å². The first-order valence-electron chi connectivity index (χ1n) is 7.02. The van der Waals surface area contributed by atoms with Gasteiger partial charge in [0.2, 0.25) is 5.91 Å². The highest BCUT2D eigenvalue weighted by molar-refractivity contribution is 5.91. The number of aliphatic carboxylic acids is 1. The molecule has 0 aromatic rings. The van der Waals surface area contributed by atoms with E-state index in [4.69, 9.17) is 9.84 Å². The van der Waals surface area contributed by atoms with E-state index in [-0.39, 0.29) is 17.9 Å². The molecule has 1 amide bonds. The zero-order valence-electron chi connectivity index (χ0n) is 11.9. The summed E-state index contributed by atoms with van der Waals surface area (Å²) < 4.78 is 5.55. The molecule has 0 aromatic carbocycles. The Morgan fingerprint density at radius 3 is 2.47 bits per heavy atom. The Kier molecular flexibility index (Phi) is 3.85. The van der Waals surface area contributed by atoms with Gasteiger partial charge in [0.05, 0.1) is 17.9 Å². The summed E-state index contributed by atoms with van der Waals surface area (Å²) in [5.41, 5.74) is -0.424. The fourth-order valence-electron chi connectivity index (χ4n) is 3.17. The Morgan fingerprint density at radius 2 is 2.05 bits per heavy atom. The van der Waals surface area contributed by atoms with Gasteiger partial charge in [-0.05, 0) is 25.2 Å². The van der Waals surface area contributed by atoms with E-state index in [9.17, 15) is 9.59 Å². The van der Waals surface area contributed by atoms with Gasteiger partial charge in [-0.1, -0.05) is 13.8 Å². The Labute approximate surface area is 113 Å². The van der Waals surface area contributed by atoms with Crippen molar-refractivity contribution in [2.75, 3.05) is 19.7 Å². The highest BCUT2D eigenvalue weighted by Crippen LogP contribution is 2.59. The summed E-state index contributed by atoms with van der Waals surface area (Å²) in [6.45, 7) is 7.61. The number of likely N-dealkylation sites (N-methyl/N-ethyl adjacent to an activating group) is 1. The van der Waals surface area contributed by atoms with Gasteiger partial charge in [0.25, 0.3) is 0 Å². The normalized spacial score (nSPS) is 32.1. The smallest absolute Gasteiger partial charge is 0.307 e. The summed E-state index contributed by atoms with van der Waals surface area (Å²) in [4.78, 5) is 25.4. The van der Waals surface area contributed by atoms with Crippen molar-refractivity contribution in [1.29, 1.82) is 0 Å². The summed E-state index contributed by atoms with van der Waals surface area (Å²) in [6, 6.07) is 0. The van der Waals surface area contributed by atoms with Crippen LogP contribution in [0.15, 0.2) is 0 Å². The molecule has 1 aliphatic carbocycles. The monoisotopic (exact) mass is 269 g/mol. The van der Waals surface area contributed by atoms with Crippen LogP contribution in [-0.2, 0) is 14.3 Å². The molecule has 1 saturated heterocycles. The van der Waals surface area contributed by atoms with Crippen LogP contribution < -0.4 is 0 Å². The van der Waals surface area contributed by atoms with Crippen LogP contribution >= 0.6 is 0 Å². The summed E-state index contributed by atoms with van der Waals surface area (Å²) in [7, 11) is 0. The Balaban J connectivity index is 1.99.